The predicted octanol–water partition coefficient (Wildman–Crippen LogP) is 3.85. The van der Waals surface area contributed by atoms with E-state index < -0.39 is 0 Å². The van der Waals surface area contributed by atoms with Crippen LogP contribution in [-0.2, 0) is 6.42 Å². The van der Waals surface area contributed by atoms with E-state index in [0.717, 1.165) is 27.2 Å². The number of rotatable bonds is 3. The average Bonchev–Trinajstić information content (AvgIpc) is 2.64. The van der Waals surface area contributed by atoms with E-state index in [2.05, 4.69) is 32.4 Å². The van der Waals surface area contributed by atoms with Crippen molar-refractivity contribution in [3.63, 3.8) is 0 Å². The molecule has 0 atom stereocenters. The van der Waals surface area contributed by atoms with Crippen LogP contribution in [0.25, 0.3) is 10.6 Å². The standard InChI is InChI=1S/C13H15BrN2S/c1-13(2,15)7-9-8-17-12(16-9)10-5-3-4-6-11(10)14/h3-6,8H,7,15H2,1-2H3. The summed E-state index contributed by atoms with van der Waals surface area (Å²) in [4.78, 5) is 4.64. The van der Waals surface area contributed by atoms with Gasteiger partial charge in [0.15, 0.2) is 0 Å². The maximum absolute atomic E-state index is 6.00. The summed E-state index contributed by atoms with van der Waals surface area (Å²) in [5.74, 6) is 0. The van der Waals surface area contributed by atoms with Crippen LogP contribution in [-0.4, -0.2) is 10.5 Å². The van der Waals surface area contributed by atoms with Crippen LogP contribution in [0.15, 0.2) is 34.1 Å². The van der Waals surface area contributed by atoms with Gasteiger partial charge in [-0.05, 0) is 19.9 Å². The van der Waals surface area contributed by atoms with E-state index >= 15 is 0 Å². The minimum absolute atomic E-state index is 0.209. The van der Waals surface area contributed by atoms with Gasteiger partial charge in [-0.15, -0.1) is 11.3 Å². The average molecular weight is 311 g/mol. The summed E-state index contributed by atoms with van der Waals surface area (Å²) >= 11 is 5.21. The Morgan fingerprint density at radius 1 is 1.35 bits per heavy atom. The number of benzene rings is 1. The zero-order valence-electron chi connectivity index (χ0n) is 9.90. The van der Waals surface area contributed by atoms with Gasteiger partial charge in [-0.1, -0.05) is 34.1 Å². The monoisotopic (exact) mass is 310 g/mol. The quantitative estimate of drug-likeness (QED) is 0.935. The SMILES string of the molecule is CC(C)(N)Cc1csc(-c2ccccc2Br)n1. The Hall–Kier alpha value is -0.710. The zero-order valence-corrected chi connectivity index (χ0v) is 12.3. The molecule has 2 N–H and O–H groups in total. The molecule has 0 aliphatic rings. The molecule has 0 aliphatic heterocycles. The Labute approximate surface area is 114 Å². The van der Waals surface area contributed by atoms with Gasteiger partial charge in [0, 0.05) is 27.4 Å². The van der Waals surface area contributed by atoms with E-state index in [1.807, 2.05) is 32.0 Å². The van der Waals surface area contributed by atoms with Crippen LogP contribution < -0.4 is 5.73 Å². The molecule has 1 heterocycles. The number of hydrogen-bond acceptors (Lipinski definition) is 3. The molecule has 0 amide bonds. The Morgan fingerprint density at radius 3 is 2.71 bits per heavy atom. The topological polar surface area (TPSA) is 38.9 Å². The number of hydrogen-bond donors (Lipinski definition) is 1. The van der Waals surface area contributed by atoms with E-state index in [0.29, 0.717) is 0 Å². The Bertz CT molecular complexity index is 514. The van der Waals surface area contributed by atoms with Gasteiger partial charge in [-0.25, -0.2) is 4.98 Å². The van der Waals surface area contributed by atoms with E-state index in [1.54, 1.807) is 11.3 Å². The first kappa shape index (κ1) is 12.7. The molecule has 0 radical (unpaired) electrons. The lowest BCUT2D eigenvalue weighted by Gasteiger charge is -2.16. The van der Waals surface area contributed by atoms with Crippen LogP contribution in [0.4, 0.5) is 0 Å². The molecule has 0 spiro atoms. The highest BCUT2D eigenvalue weighted by Gasteiger charge is 2.15. The highest BCUT2D eigenvalue weighted by molar-refractivity contribution is 9.10. The van der Waals surface area contributed by atoms with Crippen LogP contribution in [0.1, 0.15) is 19.5 Å². The summed E-state index contributed by atoms with van der Waals surface area (Å²) in [6.45, 7) is 4.04. The smallest absolute Gasteiger partial charge is 0.124 e. The molecule has 1 aromatic heterocycles. The van der Waals surface area contributed by atoms with Gasteiger partial charge in [0.25, 0.3) is 0 Å². The van der Waals surface area contributed by atoms with Crippen molar-refractivity contribution in [1.82, 2.24) is 4.98 Å². The summed E-state index contributed by atoms with van der Waals surface area (Å²) in [5, 5.41) is 3.13. The first-order chi connectivity index (χ1) is 7.96. The summed E-state index contributed by atoms with van der Waals surface area (Å²) in [5.41, 5.74) is 7.99. The second-order valence-corrected chi connectivity index (χ2v) is 6.50. The van der Waals surface area contributed by atoms with E-state index in [1.165, 1.54) is 0 Å². The van der Waals surface area contributed by atoms with Crippen LogP contribution in [0.5, 0.6) is 0 Å². The second-order valence-electron chi connectivity index (χ2n) is 4.79. The minimum Gasteiger partial charge on any atom is -0.325 e. The highest BCUT2D eigenvalue weighted by atomic mass is 79.9. The molecule has 0 unspecified atom stereocenters. The third-order valence-corrected chi connectivity index (χ3v) is 3.91. The second kappa shape index (κ2) is 4.88. The number of aromatic nitrogens is 1. The Kier molecular flexibility index (Phi) is 3.66. The van der Waals surface area contributed by atoms with Crippen LogP contribution >= 0.6 is 27.3 Å². The molecular formula is C13H15BrN2S. The molecule has 0 fully saturated rings. The van der Waals surface area contributed by atoms with Gasteiger partial charge in [0.2, 0.25) is 0 Å². The minimum atomic E-state index is -0.209. The van der Waals surface area contributed by atoms with Gasteiger partial charge < -0.3 is 5.73 Å². The number of nitrogens with zero attached hydrogens (tertiary/aromatic N) is 1. The third kappa shape index (κ3) is 3.37. The van der Waals surface area contributed by atoms with Crippen molar-refractivity contribution >= 4 is 27.3 Å². The molecule has 0 bridgehead atoms. The fraction of sp³-hybridized carbons (Fsp3) is 0.308. The summed E-state index contributed by atoms with van der Waals surface area (Å²) < 4.78 is 1.08. The summed E-state index contributed by atoms with van der Waals surface area (Å²) in [6, 6.07) is 8.13. The molecule has 0 saturated carbocycles. The molecule has 1 aromatic carbocycles. The Balaban J connectivity index is 2.28. The molecule has 4 heteroatoms. The molecule has 0 aliphatic carbocycles. The lowest BCUT2D eigenvalue weighted by Crippen LogP contribution is -2.34. The van der Waals surface area contributed by atoms with Gasteiger partial charge in [-0.2, -0.15) is 0 Å². The zero-order chi connectivity index (χ0) is 12.5. The van der Waals surface area contributed by atoms with Crippen molar-refractivity contribution in [1.29, 1.82) is 0 Å². The highest BCUT2D eigenvalue weighted by Crippen LogP contribution is 2.30. The van der Waals surface area contributed by atoms with E-state index in [-0.39, 0.29) is 5.54 Å². The molecule has 2 nitrogen and oxygen atoms in total. The van der Waals surface area contributed by atoms with Crippen LogP contribution in [0.3, 0.4) is 0 Å². The summed E-state index contributed by atoms with van der Waals surface area (Å²) in [7, 11) is 0. The van der Waals surface area contributed by atoms with Crippen LogP contribution in [0.2, 0.25) is 0 Å². The molecular weight excluding hydrogens is 296 g/mol. The normalized spacial score (nSPS) is 11.8. The lowest BCUT2D eigenvalue weighted by atomic mass is 10.0. The lowest BCUT2D eigenvalue weighted by molar-refractivity contribution is 0.511. The largest absolute Gasteiger partial charge is 0.325 e. The maximum atomic E-state index is 6.00. The molecule has 0 saturated heterocycles. The number of halogens is 1. The molecule has 17 heavy (non-hydrogen) atoms. The molecule has 2 rings (SSSR count). The molecule has 2 aromatic rings. The van der Waals surface area contributed by atoms with Crippen molar-refractivity contribution < 1.29 is 0 Å². The van der Waals surface area contributed by atoms with Gasteiger partial charge >= 0.3 is 0 Å². The number of nitrogens with two attached hydrogens (primary N) is 1. The fourth-order valence-corrected chi connectivity index (χ4v) is 3.08. The fourth-order valence-electron chi connectivity index (χ4n) is 1.61. The first-order valence-electron chi connectivity index (χ1n) is 5.44. The van der Waals surface area contributed by atoms with Gasteiger partial charge in [-0.3, -0.25) is 0 Å². The van der Waals surface area contributed by atoms with Gasteiger partial charge in [0.1, 0.15) is 5.01 Å². The molecule has 90 valence electrons. The van der Waals surface area contributed by atoms with E-state index in [4.69, 9.17) is 5.73 Å². The van der Waals surface area contributed by atoms with Crippen molar-refractivity contribution in [2.24, 2.45) is 5.73 Å². The van der Waals surface area contributed by atoms with Crippen molar-refractivity contribution in [2.45, 2.75) is 25.8 Å². The van der Waals surface area contributed by atoms with Crippen molar-refractivity contribution in [2.75, 3.05) is 0 Å². The first-order valence-corrected chi connectivity index (χ1v) is 7.11. The summed E-state index contributed by atoms with van der Waals surface area (Å²) in [6.07, 6.45) is 0.800. The predicted molar refractivity (Wildman–Crippen MR) is 77.2 cm³/mol. The maximum Gasteiger partial charge on any atom is 0.124 e. The van der Waals surface area contributed by atoms with Gasteiger partial charge in [0.05, 0.1) is 5.69 Å². The van der Waals surface area contributed by atoms with Crippen molar-refractivity contribution in [3.8, 4) is 10.6 Å². The third-order valence-electron chi connectivity index (χ3n) is 2.29. The van der Waals surface area contributed by atoms with E-state index in [9.17, 15) is 0 Å². The Morgan fingerprint density at radius 2 is 2.06 bits per heavy atom. The number of thiazole rings is 1. The van der Waals surface area contributed by atoms with Crippen molar-refractivity contribution in [3.05, 3.63) is 39.8 Å². The van der Waals surface area contributed by atoms with Crippen LogP contribution in [0, 0.1) is 0 Å².